The molecule has 1 heterocycles. The van der Waals surface area contributed by atoms with Crippen LogP contribution in [0.4, 0.5) is 0 Å². The van der Waals surface area contributed by atoms with Gasteiger partial charge in [0.05, 0.1) is 6.10 Å². The Morgan fingerprint density at radius 2 is 2.27 bits per heavy atom. The molecular formula is C12H15NOS. The van der Waals surface area contributed by atoms with Crippen molar-refractivity contribution in [3.8, 4) is 0 Å². The molecular weight excluding hydrogens is 206 g/mol. The Bertz CT molecular complexity index is 438. The number of aliphatic hydroxyl groups is 1. The molecule has 1 atom stereocenters. The molecule has 2 aromatic rings. The summed E-state index contributed by atoms with van der Waals surface area (Å²) < 4.78 is 0. The molecule has 2 N–H and O–H groups in total. The zero-order valence-electron chi connectivity index (χ0n) is 8.73. The van der Waals surface area contributed by atoms with Crippen molar-refractivity contribution in [2.24, 2.45) is 0 Å². The molecule has 0 aliphatic rings. The Kier molecular flexibility index (Phi) is 3.34. The summed E-state index contributed by atoms with van der Waals surface area (Å²) in [5, 5.41) is 11.2. The average Bonchev–Trinajstić information content (AvgIpc) is 2.73. The van der Waals surface area contributed by atoms with E-state index in [-0.39, 0.29) is 6.10 Å². The van der Waals surface area contributed by atoms with E-state index in [1.165, 1.54) is 0 Å². The summed E-state index contributed by atoms with van der Waals surface area (Å²) in [6, 6.07) is 8.03. The second-order valence-corrected chi connectivity index (χ2v) is 4.57. The lowest BCUT2D eigenvalue weighted by molar-refractivity contribution is 0.176. The van der Waals surface area contributed by atoms with Crippen LogP contribution in [-0.4, -0.2) is 22.1 Å². The molecule has 80 valence electrons. The van der Waals surface area contributed by atoms with Crippen molar-refractivity contribution in [1.29, 1.82) is 0 Å². The predicted octanol–water partition coefficient (Wildman–Crippen LogP) is 2.95. The van der Waals surface area contributed by atoms with Crippen LogP contribution in [0.2, 0.25) is 0 Å². The molecule has 0 spiro atoms. The van der Waals surface area contributed by atoms with Crippen molar-refractivity contribution in [3.05, 3.63) is 36.0 Å². The topological polar surface area (TPSA) is 36.0 Å². The highest BCUT2D eigenvalue weighted by Gasteiger charge is 2.10. The van der Waals surface area contributed by atoms with Crippen LogP contribution in [0.3, 0.4) is 0 Å². The number of nitrogens with one attached hydrogen (secondary N) is 1. The molecule has 0 aliphatic carbocycles. The molecule has 0 bridgehead atoms. The SMILES string of the molecule is CSCCC(O)c1cccc2[nH]ccc12. The Morgan fingerprint density at radius 3 is 3.07 bits per heavy atom. The van der Waals surface area contributed by atoms with E-state index in [0.717, 1.165) is 28.6 Å². The standard InChI is InChI=1S/C12H15NOS/c1-15-8-6-12(14)10-3-2-4-11-9(10)5-7-13-11/h2-5,7,12-14H,6,8H2,1H3. The fraction of sp³-hybridized carbons (Fsp3) is 0.333. The fourth-order valence-corrected chi connectivity index (χ4v) is 2.24. The third kappa shape index (κ3) is 2.19. The second kappa shape index (κ2) is 4.73. The van der Waals surface area contributed by atoms with Gasteiger partial charge in [-0.2, -0.15) is 11.8 Å². The number of fused-ring (bicyclic) bond motifs is 1. The monoisotopic (exact) mass is 221 g/mol. The van der Waals surface area contributed by atoms with Crippen LogP contribution in [0.25, 0.3) is 10.9 Å². The minimum atomic E-state index is -0.350. The van der Waals surface area contributed by atoms with E-state index < -0.39 is 0 Å². The number of H-pyrrole nitrogens is 1. The van der Waals surface area contributed by atoms with E-state index >= 15 is 0 Å². The molecule has 1 unspecified atom stereocenters. The number of rotatable bonds is 4. The highest BCUT2D eigenvalue weighted by molar-refractivity contribution is 7.98. The van der Waals surface area contributed by atoms with Crippen LogP contribution in [0.1, 0.15) is 18.1 Å². The normalized spacial score (nSPS) is 13.2. The predicted molar refractivity (Wildman–Crippen MR) is 66.3 cm³/mol. The molecule has 1 aromatic heterocycles. The molecule has 3 heteroatoms. The summed E-state index contributed by atoms with van der Waals surface area (Å²) in [4.78, 5) is 3.15. The van der Waals surface area contributed by atoms with Gasteiger partial charge < -0.3 is 10.1 Å². The summed E-state index contributed by atoms with van der Waals surface area (Å²) >= 11 is 1.76. The van der Waals surface area contributed by atoms with E-state index in [2.05, 4.69) is 11.2 Å². The van der Waals surface area contributed by atoms with E-state index in [9.17, 15) is 5.11 Å². The first-order valence-corrected chi connectivity index (χ1v) is 6.45. The van der Waals surface area contributed by atoms with Gasteiger partial charge in [0.1, 0.15) is 0 Å². The summed E-state index contributed by atoms with van der Waals surface area (Å²) in [6.07, 6.45) is 4.43. The van der Waals surface area contributed by atoms with Crippen molar-refractivity contribution in [3.63, 3.8) is 0 Å². The maximum absolute atomic E-state index is 10.0. The van der Waals surface area contributed by atoms with Crippen LogP contribution in [0, 0.1) is 0 Å². The second-order valence-electron chi connectivity index (χ2n) is 3.58. The molecule has 0 saturated carbocycles. The number of aromatic nitrogens is 1. The van der Waals surface area contributed by atoms with Crippen molar-refractivity contribution in [1.82, 2.24) is 4.98 Å². The van der Waals surface area contributed by atoms with Crippen molar-refractivity contribution in [2.75, 3.05) is 12.0 Å². The highest BCUT2D eigenvalue weighted by atomic mass is 32.2. The number of hydrogen-bond donors (Lipinski definition) is 2. The Labute approximate surface area is 93.7 Å². The molecule has 0 aliphatic heterocycles. The fourth-order valence-electron chi connectivity index (χ4n) is 1.79. The number of thioether (sulfide) groups is 1. The minimum Gasteiger partial charge on any atom is -0.388 e. The quantitative estimate of drug-likeness (QED) is 0.832. The van der Waals surface area contributed by atoms with Crippen LogP contribution >= 0.6 is 11.8 Å². The minimum absolute atomic E-state index is 0.350. The lowest BCUT2D eigenvalue weighted by Gasteiger charge is -2.11. The molecule has 2 rings (SSSR count). The van der Waals surface area contributed by atoms with E-state index in [4.69, 9.17) is 0 Å². The Morgan fingerprint density at radius 1 is 1.40 bits per heavy atom. The zero-order chi connectivity index (χ0) is 10.7. The summed E-state index contributed by atoms with van der Waals surface area (Å²) in [7, 11) is 0. The number of hydrogen-bond acceptors (Lipinski definition) is 2. The summed E-state index contributed by atoms with van der Waals surface area (Å²) in [5.41, 5.74) is 2.12. The van der Waals surface area contributed by atoms with Gasteiger partial charge in [-0.15, -0.1) is 0 Å². The first kappa shape index (κ1) is 10.6. The van der Waals surface area contributed by atoms with Gasteiger partial charge in [-0.25, -0.2) is 0 Å². The molecule has 0 radical (unpaired) electrons. The van der Waals surface area contributed by atoms with Crippen LogP contribution in [0.15, 0.2) is 30.5 Å². The molecule has 0 amide bonds. The van der Waals surface area contributed by atoms with Crippen molar-refractivity contribution >= 4 is 22.7 Å². The van der Waals surface area contributed by atoms with Gasteiger partial charge in [-0.3, -0.25) is 0 Å². The molecule has 15 heavy (non-hydrogen) atoms. The Balaban J connectivity index is 2.29. The third-order valence-corrected chi connectivity index (χ3v) is 3.23. The van der Waals surface area contributed by atoms with Crippen LogP contribution in [-0.2, 0) is 0 Å². The summed E-state index contributed by atoms with van der Waals surface area (Å²) in [5.74, 6) is 0.988. The molecule has 0 saturated heterocycles. The Hall–Kier alpha value is -0.930. The first-order chi connectivity index (χ1) is 7.33. The molecule has 2 nitrogen and oxygen atoms in total. The van der Waals surface area contributed by atoms with E-state index in [0.29, 0.717) is 0 Å². The maximum atomic E-state index is 10.0. The van der Waals surface area contributed by atoms with Crippen LogP contribution in [0.5, 0.6) is 0 Å². The number of aromatic amines is 1. The average molecular weight is 221 g/mol. The zero-order valence-corrected chi connectivity index (χ0v) is 9.55. The number of benzene rings is 1. The van der Waals surface area contributed by atoms with Gasteiger partial charge in [0.2, 0.25) is 0 Å². The van der Waals surface area contributed by atoms with Gasteiger partial charge in [-0.1, -0.05) is 12.1 Å². The van der Waals surface area contributed by atoms with Gasteiger partial charge in [0, 0.05) is 17.1 Å². The summed E-state index contributed by atoms with van der Waals surface area (Å²) in [6.45, 7) is 0. The largest absolute Gasteiger partial charge is 0.388 e. The lowest BCUT2D eigenvalue weighted by Crippen LogP contribution is -1.99. The van der Waals surface area contributed by atoms with Crippen molar-refractivity contribution < 1.29 is 5.11 Å². The van der Waals surface area contributed by atoms with Gasteiger partial charge >= 0.3 is 0 Å². The van der Waals surface area contributed by atoms with Crippen LogP contribution < -0.4 is 0 Å². The maximum Gasteiger partial charge on any atom is 0.0804 e. The van der Waals surface area contributed by atoms with Crippen molar-refractivity contribution in [2.45, 2.75) is 12.5 Å². The molecule has 0 fully saturated rings. The smallest absolute Gasteiger partial charge is 0.0804 e. The van der Waals surface area contributed by atoms with E-state index in [1.54, 1.807) is 11.8 Å². The highest BCUT2D eigenvalue weighted by Crippen LogP contribution is 2.26. The van der Waals surface area contributed by atoms with Gasteiger partial charge in [0.15, 0.2) is 0 Å². The first-order valence-electron chi connectivity index (χ1n) is 5.06. The number of aliphatic hydroxyl groups excluding tert-OH is 1. The van der Waals surface area contributed by atoms with Gasteiger partial charge in [0.25, 0.3) is 0 Å². The van der Waals surface area contributed by atoms with Gasteiger partial charge in [-0.05, 0) is 36.1 Å². The van der Waals surface area contributed by atoms with E-state index in [1.807, 2.05) is 30.5 Å². The lowest BCUT2D eigenvalue weighted by atomic mass is 10.0. The molecule has 1 aromatic carbocycles. The third-order valence-electron chi connectivity index (χ3n) is 2.58.